The number of rotatable bonds is 2. The Hall–Kier alpha value is -0.540. The summed E-state index contributed by atoms with van der Waals surface area (Å²) in [6.07, 6.45) is 5.30. The molecule has 0 saturated heterocycles. The molecule has 3 nitrogen and oxygen atoms in total. The van der Waals surface area contributed by atoms with Crippen LogP contribution in [0.4, 0.5) is 0 Å². The fourth-order valence-corrected chi connectivity index (χ4v) is 1.06. The Kier molecular flexibility index (Phi) is 2.71. The molecule has 58 valence electrons. The van der Waals surface area contributed by atoms with Crippen LogP contribution in [-0.4, -0.2) is 24.3 Å². The van der Waals surface area contributed by atoms with Gasteiger partial charge in [-0.3, -0.25) is 11.1 Å². The minimum absolute atomic E-state index is 0.0185. The van der Waals surface area contributed by atoms with Gasteiger partial charge in [-0.1, -0.05) is 13.0 Å². The van der Waals surface area contributed by atoms with E-state index < -0.39 is 0 Å². The second kappa shape index (κ2) is 3.58. The maximum atomic E-state index is 5.73. The van der Waals surface area contributed by atoms with Crippen LogP contribution in [0.25, 0.3) is 0 Å². The molecule has 1 heterocycles. The Morgan fingerprint density at radius 3 is 3.20 bits per heavy atom. The van der Waals surface area contributed by atoms with E-state index >= 15 is 0 Å². The predicted octanol–water partition coefficient (Wildman–Crippen LogP) is 0.0576. The van der Waals surface area contributed by atoms with Gasteiger partial charge in [0, 0.05) is 13.1 Å². The molecule has 0 aromatic carbocycles. The van der Waals surface area contributed by atoms with Crippen LogP contribution >= 0.6 is 0 Å². The summed E-state index contributed by atoms with van der Waals surface area (Å²) in [5, 5.41) is 3.13. The van der Waals surface area contributed by atoms with Crippen molar-refractivity contribution in [3.63, 3.8) is 0 Å². The van der Waals surface area contributed by atoms with Crippen LogP contribution in [0.5, 0.6) is 0 Å². The van der Waals surface area contributed by atoms with Gasteiger partial charge in [0.25, 0.3) is 0 Å². The Labute approximate surface area is 61.9 Å². The summed E-state index contributed by atoms with van der Waals surface area (Å²) in [5.74, 6) is 0. The maximum absolute atomic E-state index is 5.73. The Morgan fingerprint density at radius 2 is 2.60 bits per heavy atom. The maximum Gasteiger partial charge on any atom is 0.132 e. The summed E-state index contributed by atoms with van der Waals surface area (Å²) >= 11 is 0. The molecule has 1 aliphatic rings. The summed E-state index contributed by atoms with van der Waals surface area (Å²) in [5.41, 5.74) is 5.73. The van der Waals surface area contributed by atoms with Gasteiger partial charge in [-0.15, -0.1) is 0 Å². The van der Waals surface area contributed by atoms with Gasteiger partial charge in [0.15, 0.2) is 0 Å². The Bertz CT molecular complexity index is 122. The standard InChI is InChI=1S/C7H15N3/c1-2-5-10-6-3-4-9-7(10)8/h3,6-7,9H,2,4-5,8H2,1H3. The van der Waals surface area contributed by atoms with Crippen LogP contribution < -0.4 is 11.1 Å². The first-order valence-electron chi connectivity index (χ1n) is 3.76. The molecular formula is C7H15N3. The summed E-state index contributed by atoms with van der Waals surface area (Å²) in [6.45, 7) is 4.07. The lowest BCUT2D eigenvalue weighted by Crippen LogP contribution is -2.52. The van der Waals surface area contributed by atoms with E-state index in [1.54, 1.807) is 0 Å². The highest BCUT2D eigenvalue weighted by Gasteiger charge is 2.09. The van der Waals surface area contributed by atoms with Gasteiger partial charge in [0.05, 0.1) is 0 Å². The highest BCUT2D eigenvalue weighted by Crippen LogP contribution is 1.98. The number of nitrogens with one attached hydrogen (secondary N) is 1. The SMILES string of the molecule is CCCN1C=CCNC1N. The van der Waals surface area contributed by atoms with E-state index in [4.69, 9.17) is 5.73 Å². The molecule has 1 unspecified atom stereocenters. The van der Waals surface area contributed by atoms with Gasteiger partial charge in [0.1, 0.15) is 6.29 Å². The monoisotopic (exact) mass is 141 g/mol. The average molecular weight is 141 g/mol. The van der Waals surface area contributed by atoms with Crippen molar-refractivity contribution in [3.05, 3.63) is 12.3 Å². The molecule has 0 spiro atoms. The molecule has 0 saturated carbocycles. The normalized spacial score (nSPS) is 25.4. The largest absolute Gasteiger partial charge is 0.350 e. The van der Waals surface area contributed by atoms with E-state index in [0.717, 1.165) is 19.5 Å². The Morgan fingerprint density at radius 1 is 1.80 bits per heavy atom. The topological polar surface area (TPSA) is 41.3 Å². The van der Waals surface area contributed by atoms with Crippen molar-refractivity contribution < 1.29 is 0 Å². The van der Waals surface area contributed by atoms with Crippen molar-refractivity contribution in [1.82, 2.24) is 10.2 Å². The smallest absolute Gasteiger partial charge is 0.132 e. The molecule has 0 aromatic rings. The van der Waals surface area contributed by atoms with Crippen molar-refractivity contribution in [2.75, 3.05) is 13.1 Å². The zero-order chi connectivity index (χ0) is 7.40. The summed E-state index contributed by atoms with van der Waals surface area (Å²) in [4.78, 5) is 2.10. The quantitative estimate of drug-likeness (QED) is 0.571. The van der Waals surface area contributed by atoms with Crippen LogP contribution in [-0.2, 0) is 0 Å². The number of nitrogens with two attached hydrogens (primary N) is 1. The number of hydrogen-bond donors (Lipinski definition) is 2. The molecule has 0 aromatic heterocycles. The highest BCUT2D eigenvalue weighted by atomic mass is 15.3. The second-order valence-electron chi connectivity index (χ2n) is 2.48. The van der Waals surface area contributed by atoms with Crippen molar-refractivity contribution >= 4 is 0 Å². The third kappa shape index (κ3) is 1.72. The predicted molar refractivity (Wildman–Crippen MR) is 42.1 cm³/mol. The summed E-state index contributed by atoms with van der Waals surface area (Å²) in [7, 11) is 0. The highest BCUT2D eigenvalue weighted by molar-refractivity contribution is 4.91. The third-order valence-corrected chi connectivity index (χ3v) is 1.58. The van der Waals surface area contributed by atoms with Crippen LogP contribution in [0.15, 0.2) is 12.3 Å². The first kappa shape index (κ1) is 7.57. The van der Waals surface area contributed by atoms with Gasteiger partial charge in [-0.2, -0.15) is 0 Å². The van der Waals surface area contributed by atoms with E-state index in [9.17, 15) is 0 Å². The number of nitrogens with zero attached hydrogens (tertiary/aromatic N) is 1. The average Bonchev–Trinajstić information content (AvgIpc) is 1.94. The lowest BCUT2D eigenvalue weighted by Gasteiger charge is -2.30. The van der Waals surface area contributed by atoms with E-state index in [-0.39, 0.29) is 6.29 Å². The summed E-state index contributed by atoms with van der Waals surface area (Å²) < 4.78 is 0. The zero-order valence-corrected chi connectivity index (χ0v) is 6.38. The van der Waals surface area contributed by atoms with Crippen LogP contribution in [0.2, 0.25) is 0 Å². The van der Waals surface area contributed by atoms with Crippen molar-refractivity contribution in [2.45, 2.75) is 19.6 Å². The minimum atomic E-state index is 0.0185. The van der Waals surface area contributed by atoms with Crippen LogP contribution in [0, 0.1) is 0 Å². The van der Waals surface area contributed by atoms with E-state index in [0.29, 0.717) is 0 Å². The van der Waals surface area contributed by atoms with Gasteiger partial charge < -0.3 is 4.90 Å². The lowest BCUT2D eigenvalue weighted by atomic mass is 10.4. The molecule has 1 aliphatic heterocycles. The van der Waals surface area contributed by atoms with Crippen molar-refractivity contribution in [3.8, 4) is 0 Å². The van der Waals surface area contributed by atoms with Crippen molar-refractivity contribution in [1.29, 1.82) is 0 Å². The molecule has 0 bridgehead atoms. The zero-order valence-electron chi connectivity index (χ0n) is 6.38. The van der Waals surface area contributed by atoms with Gasteiger partial charge >= 0.3 is 0 Å². The molecule has 1 rings (SSSR count). The first-order chi connectivity index (χ1) is 4.84. The summed E-state index contributed by atoms with van der Waals surface area (Å²) in [6, 6.07) is 0. The number of hydrogen-bond acceptors (Lipinski definition) is 3. The van der Waals surface area contributed by atoms with Gasteiger partial charge in [-0.05, 0) is 12.6 Å². The van der Waals surface area contributed by atoms with Gasteiger partial charge in [-0.25, -0.2) is 0 Å². The fraction of sp³-hybridized carbons (Fsp3) is 0.714. The minimum Gasteiger partial charge on any atom is -0.350 e. The molecular weight excluding hydrogens is 126 g/mol. The fourth-order valence-electron chi connectivity index (χ4n) is 1.06. The van der Waals surface area contributed by atoms with E-state index in [1.165, 1.54) is 0 Å². The van der Waals surface area contributed by atoms with E-state index in [2.05, 4.69) is 29.4 Å². The Balaban J connectivity index is 2.39. The molecule has 0 radical (unpaired) electrons. The molecule has 0 aliphatic carbocycles. The molecule has 3 heteroatoms. The molecule has 10 heavy (non-hydrogen) atoms. The third-order valence-electron chi connectivity index (χ3n) is 1.58. The molecule has 0 fully saturated rings. The first-order valence-corrected chi connectivity index (χ1v) is 3.76. The molecule has 3 N–H and O–H groups in total. The molecule has 1 atom stereocenters. The lowest BCUT2D eigenvalue weighted by molar-refractivity contribution is 0.232. The van der Waals surface area contributed by atoms with Crippen molar-refractivity contribution in [2.24, 2.45) is 5.73 Å². The van der Waals surface area contributed by atoms with Gasteiger partial charge in [0.2, 0.25) is 0 Å². The van der Waals surface area contributed by atoms with Crippen LogP contribution in [0.3, 0.4) is 0 Å². The molecule has 0 amide bonds. The van der Waals surface area contributed by atoms with Crippen LogP contribution in [0.1, 0.15) is 13.3 Å². The second-order valence-corrected chi connectivity index (χ2v) is 2.48. The van der Waals surface area contributed by atoms with E-state index in [1.807, 2.05) is 0 Å².